The van der Waals surface area contributed by atoms with Gasteiger partial charge < -0.3 is 25.2 Å². The molecule has 1 fully saturated rings. The molecule has 4 atom stereocenters. The van der Waals surface area contributed by atoms with Crippen molar-refractivity contribution in [2.24, 2.45) is 0 Å². The molecule has 1 unspecified atom stereocenters. The lowest BCUT2D eigenvalue weighted by molar-refractivity contribution is -0.387. The van der Waals surface area contributed by atoms with Gasteiger partial charge in [-0.25, -0.2) is 0 Å². The highest BCUT2D eigenvalue weighted by Gasteiger charge is 2.56. The Labute approximate surface area is 107 Å². The normalized spacial score (nSPS) is 34.4. The average molecular weight is 271 g/mol. The number of nitrogens with zero attached hydrogens (tertiary/aromatic N) is 1. The van der Waals surface area contributed by atoms with Crippen LogP contribution in [0.5, 0.6) is 0 Å². The molecule has 19 heavy (non-hydrogen) atoms. The van der Waals surface area contributed by atoms with Crippen molar-refractivity contribution in [3.8, 4) is 0 Å². The maximum atomic E-state index is 11.0. The van der Waals surface area contributed by atoms with Crippen LogP contribution in [0, 0.1) is 10.1 Å². The van der Waals surface area contributed by atoms with E-state index in [0.29, 0.717) is 0 Å². The average Bonchev–Trinajstić information content (AvgIpc) is 2.63. The van der Waals surface area contributed by atoms with Gasteiger partial charge in [-0.1, -0.05) is 12.1 Å². The monoisotopic (exact) mass is 271 g/mol. The Hall–Kier alpha value is -1.58. The summed E-state index contributed by atoms with van der Waals surface area (Å²) >= 11 is 0. The van der Waals surface area contributed by atoms with Crippen molar-refractivity contribution in [2.45, 2.75) is 24.1 Å². The fourth-order valence-electron chi connectivity index (χ4n) is 2.22. The highest BCUT2D eigenvalue weighted by Crippen LogP contribution is 2.42. The largest absolute Gasteiger partial charge is 0.393 e. The quantitative estimate of drug-likeness (QED) is 0.403. The molecule has 1 saturated heterocycles. The van der Waals surface area contributed by atoms with Crippen LogP contribution in [0.1, 0.15) is 5.56 Å². The summed E-state index contributed by atoms with van der Waals surface area (Å²) in [6.07, 6.45) is -5.08. The van der Waals surface area contributed by atoms with E-state index in [9.17, 15) is 30.5 Å². The number of rotatable bonds is 3. The lowest BCUT2D eigenvalue weighted by Gasteiger charge is -2.29. The van der Waals surface area contributed by atoms with Crippen LogP contribution in [0.2, 0.25) is 0 Å². The first-order valence-electron chi connectivity index (χ1n) is 5.51. The molecule has 1 aliphatic heterocycles. The Bertz CT molecular complexity index is 494. The topological polar surface area (TPSA) is 133 Å². The maximum Gasteiger partial charge on any atom is 0.275 e. The van der Waals surface area contributed by atoms with Crippen LogP contribution >= 0.6 is 0 Å². The second kappa shape index (κ2) is 4.83. The molecule has 104 valence electrons. The van der Waals surface area contributed by atoms with Crippen molar-refractivity contribution in [1.29, 1.82) is 0 Å². The summed E-state index contributed by atoms with van der Waals surface area (Å²) in [7, 11) is 0. The number of aliphatic hydroxyl groups is 4. The number of nitro benzene ring substituents is 1. The molecular weight excluding hydrogens is 258 g/mol. The van der Waals surface area contributed by atoms with E-state index in [4.69, 9.17) is 4.74 Å². The van der Waals surface area contributed by atoms with Crippen LogP contribution < -0.4 is 0 Å². The zero-order valence-corrected chi connectivity index (χ0v) is 9.71. The minimum absolute atomic E-state index is 0.106. The number of aliphatic hydroxyl groups excluding tert-OH is 4. The van der Waals surface area contributed by atoms with Crippen molar-refractivity contribution in [3.63, 3.8) is 0 Å². The Morgan fingerprint density at radius 2 is 1.95 bits per heavy atom. The zero-order valence-electron chi connectivity index (χ0n) is 9.71. The van der Waals surface area contributed by atoms with E-state index in [1.165, 1.54) is 24.3 Å². The fourth-order valence-corrected chi connectivity index (χ4v) is 2.22. The number of hydrogen-bond acceptors (Lipinski definition) is 7. The minimum atomic E-state index is -1.93. The standard InChI is InChI=1S/C11H13NO7/c13-5-11(9(15)8(14)10(16)19-11)6-3-1-2-4-7(6)12(17)18/h1-4,8-10,13-16H,5H2/t8-,9-,10-,11?/m0/s1. The third-order valence-corrected chi connectivity index (χ3v) is 3.22. The lowest BCUT2D eigenvalue weighted by Crippen LogP contribution is -2.44. The smallest absolute Gasteiger partial charge is 0.275 e. The molecule has 2 rings (SSSR count). The maximum absolute atomic E-state index is 11.0. The summed E-state index contributed by atoms with van der Waals surface area (Å²) in [4.78, 5) is 10.3. The number of hydrogen-bond donors (Lipinski definition) is 4. The molecule has 0 aliphatic carbocycles. The summed E-state index contributed by atoms with van der Waals surface area (Å²) in [6, 6.07) is 5.36. The Kier molecular flexibility index (Phi) is 3.52. The summed E-state index contributed by atoms with van der Waals surface area (Å²) in [6.45, 7) is -0.826. The predicted octanol–water partition coefficient (Wildman–Crippen LogP) is -1.15. The molecule has 0 radical (unpaired) electrons. The van der Waals surface area contributed by atoms with E-state index in [-0.39, 0.29) is 11.3 Å². The molecule has 0 spiro atoms. The second-order valence-corrected chi connectivity index (χ2v) is 4.27. The minimum Gasteiger partial charge on any atom is -0.393 e. The molecular formula is C11H13NO7. The molecule has 1 heterocycles. The number of para-hydroxylation sites is 1. The van der Waals surface area contributed by atoms with E-state index >= 15 is 0 Å². The Morgan fingerprint density at radius 3 is 2.42 bits per heavy atom. The van der Waals surface area contributed by atoms with Gasteiger partial charge in [0, 0.05) is 6.07 Å². The van der Waals surface area contributed by atoms with Crippen molar-refractivity contribution in [2.75, 3.05) is 6.61 Å². The third-order valence-electron chi connectivity index (χ3n) is 3.22. The first-order chi connectivity index (χ1) is 8.94. The van der Waals surface area contributed by atoms with Gasteiger partial charge >= 0.3 is 0 Å². The molecule has 0 bridgehead atoms. The molecule has 4 N–H and O–H groups in total. The van der Waals surface area contributed by atoms with Gasteiger partial charge in [0.2, 0.25) is 0 Å². The molecule has 1 aliphatic rings. The molecule has 8 nitrogen and oxygen atoms in total. The predicted molar refractivity (Wildman–Crippen MR) is 61.0 cm³/mol. The summed E-state index contributed by atoms with van der Waals surface area (Å²) in [5.41, 5.74) is -2.41. The molecule has 8 heteroatoms. The van der Waals surface area contributed by atoms with Crippen molar-refractivity contribution < 1.29 is 30.1 Å². The first kappa shape index (κ1) is 13.8. The summed E-state index contributed by atoms with van der Waals surface area (Å²) < 4.78 is 5.00. The number of nitro groups is 1. The van der Waals surface area contributed by atoms with Crippen LogP contribution in [0.4, 0.5) is 5.69 Å². The van der Waals surface area contributed by atoms with E-state index in [2.05, 4.69) is 0 Å². The summed E-state index contributed by atoms with van der Waals surface area (Å²) in [5, 5.41) is 49.3. The molecule has 1 aromatic rings. The second-order valence-electron chi connectivity index (χ2n) is 4.27. The van der Waals surface area contributed by atoms with Gasteiger partial charge in [-0.15, -0.1) is 0 Å². The zero-order chi connectivity index (χ0) is 14.2. The lowest BCUT2D eigenvalue weighted by atomic mass is 9.87. The van der Waals surface area contributed by atoms with E-state index in [1.54, 1.807) is 0 Å². The number of ether oxygens (including phenoxy) is 1. The molecule has 0 saturated carbocycles. The first-order valence-corrected chi connectivity index (χ1v) is 5.51. The van der Waals surface area contributed by atoms with Crippen LogP contribution in [0.3, 0.4) is 0 Å². The Morgan fingerprint density at radius 1 is 1.32 bits per heavy atom. The van der Waals surface area contributed by atoms with Crippen LogP contribution in [-0.4, -0.2) is 50.5 Å². The van der Waals surface area contributed by atoms with E-state index in [1.807, 2.05) is 0 Å². The van der Waals surface area contributed by atoms with Gasteiger partial charge in [0.1, 0.15) is 12.2 Å². The van der Waals surface area contributed by atoms with Crippen molar-refractivity contribution in [3.05, 3.63) is 39.9 Å². The van der Waals surface area contributed by atoms with Gasteiger partial charge in [0.05, 0.1) is 17.1 Å². The molecule has 0 amide bonds. The highest BCUT2D eigenvalue weighted by molar-refractivity contribution is 5.45. The summed E-state index contributed by atoms with van der Waals surface area (Å²) in [5.74, 6) is 0. The van der Waals surface area contributed by atoms with Crippen molar-refractivity contribution in [1.82, 2.24) is 0 Å². The number of benzene rings is 1. The van der Waals surface area contributed by atoms with Gasteiger partial charge in [0.25, 0.3) is 5.69 Å². The van der Waals surface area contributed by atoms with E-state index < -0.39 is 35.6 Å². The van der Waals surface area contributed by atoms with Crippen LogP contribution in [0.25, 0.3) is 0 Å². The van der Waals surface area contributed by atoms with Crippen LogP contribution in [0.15, 0.2) is 24.3 Å². The van der Waals surface area contributed by atoms with Gasteiger partial charge in [-0.3, -0.25) is 10.1 Å². The fraction of sp³-hybridized carbons (Fsp3) is 0.455. The third kappa shape index (κ3) is 1.99. The van der Waals surface area contributed by atoms with Crippen molar-refractivity contribution >= 4 is 5.69 Å². The molecule has 0 aromatic heterocycles. The van der Waals surface area contributed by atoms with Gasteiger partial charge in [-0.05, 0) is 6.07 Å². The van der Waals surface area contributed by atoms with Gasteiger partial charge in [-0.2, -0.15) is 0 Å². The van der Waals surface area contributed by atoms with E-state index in [0.717, 1.165) is 0 Å². The molecule has 1 aromatic carbocycles. The highest BCUT2D eigenvalue weighted by atomic mass is 16.7. The Balaban J connectivity index is 2.58. The SMILES string of the molecule is O=[N+]([O-])c1ccccc1C1(CO)O[C@H](O)[C@@H](O)[C@@H]1O. The van der Waals surface area contributed by atoms with Gasteiger partial charge in [0.15, 0.2) is 11.9 Å². The van der Waals surface area contributed by atoms with Crippen LogP contribution in [-0.2, 0) is 10.3 Å².